The second-order valence-corrected chi connectivity index (χ2v) is 7.20. The van der Waals surface area contributed by atoms with Gasteiger partial charge in [-0.25, -0.2) is 9.78 Å². The molecule has 1 aromatic heterocycles. The number of aryl methyl sites for hydroxylation is 1. The highest BCUT2D eigenvalue weighted by Crippen LogP contribution is 2.09. The van der Waals surface area contributed by atoms with Crippen LogP contribution in [0.25, 0.3) is 10.9 Å². The Bertz CT molecular complexity index is 1190. The van der Waals surface area contributed by atoms with Crippen LogP contribution in [0.4, 0.5) is 4.79 Å². The van der Waals surface area contributed by atoms with Crippen molar-refractivity contribution in [2.75, 3.05) is 0 Å². The molecule has 3 rings (SSSR count). The van der Waals surface area contributed by atoms with Gasteiger partial charge in [-0.05, 0) is 24.6 Å². The van der Waals surface area contributed by atoms with Crippen molar-refractivity contribution in [3.8, 4) is 0 Å². The van der Waals surface area contributed by atoms with E-state index in [1.54, 1.807) is 31.3 Å². The molecule has 2 N–H and O–H groups in total. The number of nitrogens with zero attached hydrogens (tertiary/aromatic N) is 2. The molecule has 2 aromatic carbocycles. The van der Waals surface area contributed by atoms with E-state index in [0.717, 1.165) is 5.56 Å². The van der Waals surface area contributed by atoms with Gasteiger partial charge in [-0.2, -0.15) is 0 Å². The molecule has 166 valence electrons. The van der Waals surface area contributed by atoms with Crippen LogP contribution >= 0.6 is 0 Å². The molecule has 0 aliphatic carbocycles. The van der Waals surface area contributed by atoms with Gasteiger partial charge in [0, 0.05) is 20.0 Å². The number of carbonyl (C=O) groups is 3. The Kier molecular flexibility index (Phi) is 7.33. The van der Waals surface area contributed by atoms with E-state index in [0.29, 0.717) is 16.7 Å². The number of hydrogen-bond acceptors (Lipinski definition) is 6. The summed E-state index contributed by atoms with van der Waals surface area (Å²) in [6.45, 7) is 1.63. The second-order valence-electron chi connectivity index (χ2n) is 7.20. The minimum atomic E-state index is -1.15. The largest absolute Gasteiger partial charge is 0.453 e. The van der Waals surface area contributed by atoms with Crippen molar-refractivity contribution in [1.29, 1.82) is 0 Å². The maximum atomic E-state index is 12.4. The van der Waals surface area contributed by atoms with E-state index in [9.17, 15) is 19.2 Å². The fraction of sp³-hybridized carbons (Fsp3) is 0.261. The Hall–Kier alpha value is -4.01. The number of urea groups is 1. The number of hydrogen-bond donors (Lipinski definition) is 2. The summed E-state index contributed by atoms with van der Waals surface area (Å²) in [6.07, 6.45) is -1.06. The number of para-hydroxylation sites is 1. The first kappa shape index (κ1) is 22.7. The van der Waals surface area contributed by atoms with Gasteiger partial charge in [-0.1, -0.05) is 42.5 Å². The van der Waals surface area contributed by atoms with Crippen molar-refractivity contribution in [3.05, 3.63) is 76.3 Å². The first-order valence-electron chi connectivity index (χ1n) is 10.1. The minimum Gasteiger partial charge on any atom is -0.453 e. The summed E-state index contributed by atoms with van der Waals surface area (Å²) >= 11 is 0. The molecule has 1 atom stereocenters. The summed E-state index contributed by atoms with van der Waals surface area (Å²) in [5, 5.41) is 5.20. The van der Waals surface area contributed by atoms with Gasteiger partial charge in [-0.3, -0.25) is 24.3 Å². The van der Waals surface area contributed by atoms with Crippen LogP contribution in [-0.4, -0.2) is 33.6 Å². The number of rotatable bonds is 7. The number of amides is 3. The van der Waals surface area contributed by atoms with E-state index in [4.69, 9.17) is 4.74 Å². The SMILES string of the molecule is CC(OC(=O)CCc1nc2ccccc2c(=O)n1C)C(=O)NC(=O)NCc1ccccc1. The van der Waals surface area contributed by atoms with Crippen LogP contribution in [0.2, 0.25) is 0 Å². The van der Waals surface area contributed by atoms with Crippen LogP contribution in [0, 0.1) is 0 Å². The molecule has 0 radical (unpaired) electrons. The van der Waals surface area contributed by atoms with Crippen LogP contribution in [0.1, 0.15) is 24.7 Å². The van der Waals surface area contributed by atoms with Crippen LogP contribution in [0.15, 0.2) is 59.4 Å². The smallest absolute Gasteiger partial charge is 0.321 e. The number of ether oxygens (including phenoxy) is 1. The van der Waals surface area contributed by atoms with E-state index in [2.05, 4.69) is 15.6 Å². The highest BCUT2D eigenvalue weighted by atomic mass is 16.5. The normalized spacial score (nSPS) is 11.6. The second kappa shape index (κ2) is 10.3. The van der Waals surface area contributed by atoms with E-state index >= 15 is 0 Å². The first-order chi connectivity index (χ1) is 15.3. The van der Waals surface area contributed by atoms with Crippen molar-refractivity contribution in [1.82, 2.24) is 20.2 Å². The number of aromatic nitrogens is 2. The van der Waals surface area contributed by atoms with Gasteiger partial charge in [0.25, 0.3) is 11.5 Å². The summed E-state index contributed by atoms with van der Waals surface area (Å²) in [5.74, 6) is -0.942. The fourth-order valence-corrected chi connectivity index (χ4v) is 3.05. The van der Waals surface area contributed by atoms with Crippen molar-refractivity contribution < 1.29 is 19.1 Å². The number of benzene rings is 2. The molecule has 0 saturated carbocycles. The molecule has 0 aliphatic rings. The third-order valence-electron chi connectivity index (χ3n) is 4.84. The van der Waals surface area contributed by atoms with E-state index < -0.39 is 24.0 Å². The molecular weight excluding hydrogens is 412 g/mol. The van der Waals surface area contributed by atoms with E-state index in [1.165, 1.54) is 11.5 Å². The third-order valence-corrected chi connectivity index (χ3v) is 4.84. The number of fused-ring (bicyclic) bond motifs is 1. The van der Waals surface area contributed by atoms with Crippen LogP contribution in [0.5, 0.6) is 0 Å². The topological polar surface area (TPSA) is 119 Å². The lowest BCUT2D eigenvalue weighted by atomic mass is 10.2. The predicted molar refractivity (Wildman–Crippen MR) is 118 cm³/mol. The molecule has 9 heteroatoms. The van der Waals surface area contributed by atoms with Gasteiger partial charge in [0.05, 0.1) is 17.3 Å². The van der Waals surface area contributed by atoms with Gasteiger partial charge in [-0.15, -0.1) is 0 Å². The molecular formula is C23H24N4O5. The molecule has 0 saturated heterocycles. The van der Waals surface area contributed by atoms with Gasteiger partial charge >= 0.3 is 12.0 Å². The zero-order chi connectivity index (χ0) is 23.1. The molecule has 0 bridgehead atoms. The average molecular weight is 436 g/mol. The molecule has 9 nitrogen and oxygen atoms in total. The van der Waals surface area contributed by atoms with Gasteiger partial charge in [0.15, 0.2) is 6.10 Å². The van der Waals surface area contributed by atoms with Gasteiger partial charge in [0.2, 0.25) is 0 Å². The lowest BCUT2D eigenvalue weighted by Crippen LogP contribution is -2.44. The lowest BCUT2D eigenvalue weighted by molar-refractivity contribution is -0.154. The molecule has 1 unspecified atom stereocenters. The van der Waals surface area contributed by atoms with Crippen molar-refractivity contribution in [2.24, 2.45) is 7.05 Å². The summed E-state index contributed by atoms with van der Waals surface area (Å²) in [7, 11) is 1.59. The number of esters is 1. The van der Waals surface area contributed by atoms with Crippen molar-refractivity contribution >= 4 is 28.8 Å². The predicted octanol–water partition coefficient (Wildman–Crippen LogP) is 1.82. The van der Waals surface area contributed by atoms with E-state index in [-0.39, 0.29) is 24.9 Å². The van der Waals surface area contributed by atoms with Crippen molar-refractivity contribution in [2.45, 2.75) is 32.4 Å². The van der Waals surface area contributed by atoms with Crippen LogP contribution in [-0.2, 0) is 34.3 Å². The zero-order valence-corrected chi connectivity index (χ0v) is 17.8. The summed E-state index contributed by atoms with van der Waals surface area (Å²) < 4.78 is 6.50. The quantitative estimate of drug-likeness (QED) is 0.546. The number of carbonyl (C=O) groups excluding carboxylic acids is 3. The van der Waals surface area contributed by atoms with Crippen LogP contribution in [0.3, 0.4) is 0 Å². The molecule has 1 heterocycles. The Morgan fingerprint density at radius 1 is 1.06 bits per heavy atom. The Labute approximate surface area is 184 Å². The Balaban J connectivity index is 1.48. The van der Waals surface area contributed by atoms with Crippen LogP contribution < -0.4 is 16.2 Å². The van der Waals surface area contributed by atoms with E-state index in [1.807, 2.05) is 30.3 Å². The van der Waals surface area contributed by atoms with Gasteiger partial charge < -0.3 is 10.1 Å². The molecule has 3 amide bonds. The van der Waals surface area contributed by atoms with Gasteiger partial charge in [0.1, 0.15) is 5.82 Å². The monoisotopic (exact) mass is 436 g/mol. The molecule has 32 heavy (non-hydrogen) atoms. The Morgan fingerprint density at radius 2 is 1.75 bits per heavy atom. The summed E-state index contributed by atoms with van der Waals surface area (Å²) in [6, 6.07) is 15.5. The molecule has 3 aromatic rings. The highest BCUT2D eigenvalue weighted by Gasteiger charge is 2.20. The first-order valence-corrected chi connectivity index (χ1v) is 10.1. The number of nitrogens with one attached hydrogen (secondary N) is 2. The summed E-state index contributed by atoms with van der Waals surface area (Å²) in [4.78, 5) is 53.0. The molecule has 0 fully saturated rings. The third kappa shape index (κ3) is 5.78. The minimum absolute atomic E-state index is 0.0730. The highest BCUT2D eigenvalue weighted by molar-refractivity contribution is 5.97. The van der Waals surface area contributed by atoms with Crippen molar-refractivity contribution in [3.63, 3.8) is 0 Å². The molecule has 0 aliphatic heterocycles. The molecule has 0 spiro atoms. The fourth-order valence-electron chi connectivity index (χ4n) is 3.05. The standard InChI is InChI=1S/C23H24N4O5/c1-15(21(29)26-23(31)24-14-16-8-4-3-5-9-16)32-20(28)13-12-19-25-18-11-7-6-10-17(18)22(30)27(19)2/h3-11,15H,12-14H2,1-2H3,(H2,24,26,29,31). The maximum absolute atomic E-state index is 12.4. The maximum Gasteiger partial charge on any atom is 0.321 e. The zero-order valence-electron chi connectivity index (χ0n) is 17.8. The summed E-state index contributed by atoms with van der Waals surface area (Å²) in [5.41, 5.74) is 1.23. The Morgan fingerprint density at radius 3 is 2.50 bits per heavy atom. The lowest BCUT2D eigenvalue weighted by Gasteiger charge is -2.14. The number of imide groups is 1. The average Bonchev–Trinajstić information content (AvgIpc) is 2.79.